The molecule has 0 aromatic heterocycles. The highest BCUT2D eigenvalue weighted by Crippen LogP contribution is 2.70. The summed E-state index contributed by atoms with van der Waals surface area (Å²) in [6, 6.07) is 0. The van der Waals surface area contributed by atoms with Crippen LogP contribution in [0.1, 0.15) is 92.4 Å². The van der Waals surface area contributed by atoms with Gasteiger partial charge < -0.3 is 74.7 Å². The monoisotopic (exact) mass is 804 g/mol. The van der Waals surface area contributed by atoms with Crippen molar-refractivity contribution in [3.8, 4) is 0 Å². The molecular formula is C41H72O15. The molecule has 0 unspecified atom stereocenters. The van der Waals surface area contributed by atoms with E-state index in [1.165, 1.54) is 7.11 Å². The van der Waals surface area contributed by atoms with Gasteiger partial charge in [0.05, 0.1) is 49.8 Å². The van der Waals surface area contributed by atoms with Crippen molar-refractivity contribution in [3.05, 3.63) is 0 Å². The SMILES string of the molecule is CO[C@H]1[C@H](O[C@H]2[C@H](OCC[C@@H](CC[C@@H](C)[C@H]3[C@@H](O)[C@H](O)[C@@H]4[C@]3(C)CC[C@@H]3[C@@]5(C)CC[C@H](O)C[C@@H]5[C@H](O)C[C@]34O)C(C)C)O[C@@H]([C@H](O)CO)[C@@H]2O)OC[C@@H](O)[C@@H]1O. The molecule has 10 N–H and O–H groups in total. The van der Waals surface area contributed by atoms with Crippen LogP contribution in [0, 0.1) is 52.3 Å². The van der Waals surface area contributed by atoms with Crippen LogP contribution < -0.4 is 0 Å². The van der Waals surface area contributed by atoms with Crippen LogP contribution in [0.15, 0.2) is 0 Å². The highest BCUT2D eigenvalue weighted by atomic mass is 16.8. The lowest BCUT2D eigenvalue weighted by atomic mass is 9.42. The van der Waals surface area contributed by atoms with Gasteiger partial charge in [-0.05, 0) is 91.3 Å². The largest absolute Gasteiger partial charge is 0.394 e. The predicted octanol–water partition coefficient (Wildman–Crippen LogP) is 0.0460. The van der Waals surface area contributed by atoms with Crippen molar-refractivity contribution in [2.75, 3.05) is 26.9 Å². The molecule has 0 bridgehead atoms. The Balaban J connectivity index is 1.10. The first-order valence-electron chi connectivity index (χ1n) is 21.2. The van der Waals surface area contributed by atoms with E-state index in [9.17, 15) is 51.1 Å². The van der Waals surface area contributed by atoms with Crippen LogP contribution in [0.3, 0.4) is 0 Å². The van der Waals surface area contributed by atoms with Gasteiger partial charge in [0, 0.05) is 19.4 Å². The first-order valence-corrected chi connectivity index (χ1v) is 21.2. The van der Waals surface area contributed by atoms with E-state index in [1.54, 1.807) is 0 Å². The van der Waals surface area contributed by atoms with Gasteiger partial charge in [0.15, 0.2) is 12.6 Å². The second-order valence-electron chi connectivity index (χ2n) is 19.4. The fraction of sp³-hybridized carbons (Fsp3) is 1.00. The molecule has 4 aliphatic carbocycles. The van der Waals surface area contributed by atoms with Crippen LogP contribution >= 0.6 is 0 Å². The highest BCUT2D eigenvalue weighted by Gasteiger charge is 2.72. The van der Waals surface area contributed by atoms with Gasteiger partial charge in [0.25, 0.3) is 0 Å². The smallest absolute Gasteiger partial charge is 0.187 e. The molecule has 0 aromatic carbocycles. The zero-order chi connectivity index (χ0) is 41.1. The molecule has 56 heavy (non-hydrogen) atoms. The van der Waals surface area contributed by atoms with E-state index < -0.39 is 103 Å². The van der Waals surface area contributed by atoms with Crippen LogP contribution in [0.25, 0.3) is 0 Å². The van der Waals surface area contributed by atoms with Gasteiger partial charge in [-0.25, -0.2) is 0 Å². The molecular weight excluding hydrogens is 732 g/mol. The molecule has 0 spiro atoms. The van der Waals surface area contributed by atoms with Crippen molar-refractivity contribution < 1.29 is 74.7 Å². The Morgan fingerprint density at radius 1 is 0.804 bits per heavy atom. The van der Waals surface area contributed by atoms with E-state index in [1.807, 2.05) is 0 Å². The summed E-state index contributed by atoms with van der Waals surface area (Å²) in [7, 11) is 1.33. The summed E-state index contributed by atoms with van der Waals surface area (Å²) < 4.78 is 28.9. The third kappa shape index (κ3) is 7.88. The molecule has 15 nitrogen and oxygen atoms in total. The average molecular weight is 805 g/mol. The molecule has 2 aliphatic heterocycles. The Kier molecular flexibility index (Phi) is 14.0. The van der Waals surface area contributed by atoms with Gasteiger partial charge in [-0.3, -0.25) is 0 Å². The Morgan fingerprint density at radius 3 is 2.16 bits per heavy atom. The number of methoxy groups -OCH3 is 1. The molecule has 326 valence electrons. The summed E-state index contributed by atoms with van der Waals surface area (Å²) in [6.07, 6.45) is -8.99. The fourth-order valence-corrected chi connectivity index (χ4v) is 13.0. The second kappa shape index (κ2) is 17.4. The predicted molar refractivity (Wildman–Crippen MR) is 199 cm³/mol. The maximum Gasteiger partial charge on any atom is 0.187 e. The van der Waals surface area contributed by atoms with Crippen LogP contribution in [0.4, 0.5) is 0 Å². The molecule has 22 atom stereocenters. The number of fused-ring (bicyclic) bond motifs is 5. The number of hydrogen-bond donors (Lipinski definition) is 10. The molecule has 2 saturated heterocycles. The molecule has 0 amide bonds. The van der Waals surface area contributed by atoms with Gasteiger partial charge in [-0.2, -0.15) is 0 Å². The van der Waals surface area contributed by atoms with Crippen molar-refractivity contribution in [3.63, 3.8) is 0 Å². The van der Waals surface area contributed by atoms with Crippen LogP contribution in [0.2, 0.25) is 0 Å². The van der Waals surface area contributed by atoms with Gasteiger partial charge in [-0.1, -0.05) is 41.0 Å². The first-order chi connectivity index (χ1) is 26.3. The molecule has 6 rings (SSSR count). The number of rotatable bonds is 14. The van der Waals surface area contributed by atoms with Gasteiger partial charge in [0.2, 0.25) is 0 Å². The molecule has 6 fully saturated rings. The highest BCUT2D eigenvalue weighted by molar-refractivity contribution is 5.21. The third-order valence-corrected chi connectivity index (χ3v) is 15.9. The molecule has 6 aliphatic rings. The third-order valence-electron chi connectivity index (χ3n) is 15.9. The quantitative estimate of drug-likeness (QED) is 0.111. The normalized spacial score (nSPS) is 50.9. The van der Waals surface area contributed by atoms with Crippen molar-refractivity contribution in [1.82, 2.24) is 0 Å². The van der Waals surface area contributed by atoms with E-state index in [0.29, 0.717) is 25.7 Å². The minimum Gasteiger partial charge on any atom is -0.394 e. The van der Waals surface area contributed by atoms with Gasteiger partial charge >= 0.3 is 0 Å². The van der Waals surface area contributed by atoms with Crippen LogP contribution in [0.5, 0.6) is 0 Å². The van der Waals surface area contributed by atoms with E-state index in [2.05, 4.69) is 34.6 Å². The maximum absolute atomic E-state index is 12.7. The number of hydrogen-bond acceptors (Lipinski definition) is 15. The summed E-state index contributed by atoms with van der Waals surface area (Å²) in [5, 5.41) is 110. The summed E-state index contributed by atoms with van der Waals surface area (Å²) in [6.45, 7) is 9.93. The number of aliphatic hydroxyl groups is 10. The Morgan fingerprint density at radius 2 is 1.50 bits per heavy atom. The Bertz CT molecular complexity index is 1290. The van der Waals surface area contributed by atoms with E-state index >= 15 is 0 Å². The second-order valence-corrected chi connectivity index (χ2v) is 19.4. The summed E-state index contributed by atoms with van der Waals surface area (Å²) in [5.41, 5.74) is -2.27. The average Bonchev–Trinajstić information content (AvgIpc) is 3.56. The molecule has 15 heteroatoms. The zero-order valence-corrected chi connectivity index (χ0v) is 34.0. The van der Waals surface area contributed by atoms with Crippen LogP contribution in [-0.4, -0.2) is 163 Å². The lowest BCUT2D eigenvalue weighted by Crippen LogP contribution is -2.68. The molecule has 4 saturated carbocycles. The first kappa shape index (κ1) is 44.9. The molecule has 0 radical (unpaired) electrons. The fourth-order valence-electron chi connectivity index (χ4n) is 13.0. The van der Waals surface area contributed by atoms with Gasteiger partial charge in [-0.15, -0.1) is 0 Å². The Hall–Kier alpha value is -0.600. The summed E-state index contributed by atoms with van der Waals surface area (Å²) in [5.74, 6) is -0.698. The van der Waals surface area contributed by atoms with Crippen molar-refractivity contribution in [2.24, 2.45) is 52.3 Å². The number of aliphatic hydroxyl groups excluding tert-OH is 9. The topological polar surface area (TPSA) is 248 Å². The minimum absolute atomic E-state index is 0.00329. The standard InChI is InChI=1S/C41H72O15/c1-19(2)21(11-14-53-38-35(32(50)33(55-38)25(45)17-42)56-37-34(52-6)29(47)26(46)18-54-37)8-7-20(3)28-30(48)31(49)36-40(28,5)13-10-27-39(4)12-9-22(43)15-23(39)24(44)16-41(27,36)51/h19-38,42-51H,7-18H2,1-6H3/t20-,21-,22+,23-,24-,25-,26-,27-,28+,29+,30-,31+,32+,33+,34-,35-,36-,37+,38-,39+,40-,41+/m1/s1. The molecule has 0 aromatic rings. The van der Waals surface area contributed by atoms with E-state index in [4.69, 9.17) is 23.7 Å². The maximum atomic E-state index is 12.7. The van der Waals surface area contributed by atoms with Gasteiger partial charge in [0.1, 0.15) is 42.7 Å². The molecule has 2 heterocycles. The zero-order valence-electron chi connectivity index (χ0n) is 34.0. The van der Waals surface area contributed by atoms with Crippen molar-refractivity contribution in [1.29, 1.82) is 0 Å². The van der Waals surface area contributed by atoms with Crippen LogP contribution in [-0.2, 0) is 23.7 Å². The lowest BCUT2D eigenvalue weighted by molar-refractivity contribution is -0.307. The van der Waals surface area contributed by atoms with E-state index in [-0.39, 0.29) is 60.6 Å². The van der Waals surface area contributed by atoms with Crippen molar-refractivity contribution >= 4 is 0 Å². The summed E-state index contributed by atoms with van der Waals surface area (Å²) in [4.78, 5) is 0. The minimum atomic E-state index is -1.42. The summed E-state index contributed by atoms with van der Waals surface area (Å²) >= 11 is 0. The van der Waals surface area contributed by atoms with Crippen molar-refractivity contribution in [2.45, 2.75) is 178 Å². The lowest BCUT2D eigenvalue weighted by Gasteiger charge is -2.65. The van der Waals surface area contributed by atoms with E-state index in [0.717, 1.165) is 25.7 Å². The number of ether oxygens (including phenoxy) is 5. The Labute approximate surface area is 331 Å².